The highest BCUT2D eigenvalue weighted by Crippen LogP contribution is 2.38. The standard InChI is InChI=1S/C31H33ClN2O8S/c1-7-39-25(35)16-41-28-21(32)13-19(14-23(28)38-6)15-24-29(36)34-27(20-11-9-10-12-22(20)42-17(3)4)26(30(37)40-8-2)18(5)33-31(34)43-24/h9-15,17,27H,7-8,16H2,1-6H3/b24-15+/t27-/m0/s1. The Hall–Kier alpha value is -4.09. The number of aromatic nitrogens is 1. The van der Waals surface area contributed by atoms with E-state index in [2.05, 4.69) is 4.99 Å². The van der Waals surface area contributed by atoms with Crippen LogP contribution >= 0.6 is 22.9 Å². The average Bonchev–Trinajstić information content (AvgIpc) is 3.25. The van der Waals surface area contributed by atoms with Crippen molar-refractivity contribution in [1.82, 2.24) is 4.57 Å². The van der Waals surface area contributed by atoms with Crippen LogP contribution in [0.25, 0.3) is 6.08 Å². The Labute approximate surface area is 257 Å². The number of esters is 2. The van der Waals surface area contributed by atoms with Crippen LogP contribution < -0.4 is 29.1 Å². The summed E-state index contributed by atoms with van der Waals surface area (Å²) in [6, 6.07) is 9.72. The molecule has 0 N–H and O–H groups in total. The van der Waals surface area contributed by atoms with Crippen molar-refractivity contribution in [2.45, 2.75) is 46.8 Å². The number of halogens is 1. The Morgan fingerprint density at radius 2 is 1.84 bits per heavy atom. The van der Waals surface area contributed by atoms with Crippen molar-refractivity contribution in [3.63, 3.8) is 0 Å². The predicted octanol–water partition coefficient (Wildman–Crippen LogP) is 4.19. The van der Waals surface area contributed by atoms with Crippen LogP contribution in [0.5, 0.6) is 17.2 Å². The third kappa shape index (κ3) is 6.94. The molecule has 0 saturated heterocycles. The summed E-state index contributed by atoms with van der Waals surface area (Å²) in [6.07, 6.45) is 1.52. The summed E-state index contributed by atoms with van der Waals surface area (Å²) in [5, 5.41) is 0.181. The van der Waals surface area contributed by atoms with Gasteiger partial charge in [-0.3, -0.25) is 9.36 Å². The molecule has 43 heavy (non-hydrogen) atoms. The molecule has 0 saturated carbocycles. The molecule has 12 heteroatoms. The van der Waals surface area contributed by atoms with Crippen LogP contribution in [0.3, 0.4) is 0 Å². The zero-order valence-electron chi connectivity index (χ0n) is 24.8. The molecule has 1 aromatic heterocycles. The third-order valence-electron chi connectivity index (χ3n) is 6.28. The Balaban J connectivity index is 1.86. The Morgan fingerprint density at radius 1 is 1.12 bits per heavy atom. The van der Waals surface area contributed by atoms with Gasteiger partial charge in [0.05, 0.1) is 47.3 Å². The molecule has 1 aliphatic heterocycles. The second kappa shape index (κ2) is 13.9. The number of carbonyl (C=O) groups excluding carboxylic acids is 2. The molecule has 2 heterocycles. The molecule has 0 fully saturated rings. The van der Waals surface area contributed by atoms with Gasteiger partial charge in [0, 0.05) is 5.56 Å². The predicted molar refractivity (Wildman–Crippen MR) is 163 cm³/mol. The van der Waals surface area contributed by atoms with Gasteiger partial charge >= 0.3 is 11.9 Å². The normalized spacial score (nSPS) is 14.7. The number of thiazole rings is 1. The Morgan fingerprint density at radius 3 is 2.51 bits per heavy atom. The van der Waals surface area contributed by atoms with E-state index in [-0.39, 0.29) is 53.6 Å². The number of hydrogen-bond donors (Lipinski definition) is 0. The first-order chi connectivity index (χ1) is 20.6. The van der Waals surface area contributed by atoms with Gasteiger partial charge in [-0.05, 0) is 64.5 Å². The fraction of sp³-hybridized carbons (Fsp3) is 0.355. The zero-order valence-corrected chi connectivity index (χ0v) is 26.3. The van der Waals surface area contributed by atoms with Gasteiger partial charge in [-0.25, -0.2) is 14.6 Å². The highest BCUT2D eigenvalue weighted by atomic mass is 35.5. The lowest BCUT2D eigenvalue weighted by molar-refractivity contribution is -0.145. The minimum Gasteiger partial charge on any atom is -0.493 e. The van der Waals surface area contributed by atoms with Crippen LogP contribution in [0.15, 0.2) is 57.5 Å². The van der Waals surface area contributed by atoms with E-state index in [9.17, 15) is 14.4 Å². The van der Waals surface area contributed by atoms with Crippen LogP contribution in [0.4, 0.5) is 0 Å². The van der Waals surface area contributed by atoms with E-state index in [0.29, 0.717) is 31.9 Å². The lowest BCUT2D eigenvalue weighted by Gasteiger charge is -2.26. The van der Waals surface area contributed by atoms with E-state index in [0.717, 1.165) is 0 Å². The molecule has 3 aromatic rings. The van der Waals surface area contributed by atoms with Crippen molar-refractivity contribution in [1.29, 1.82) is 0 Å². The van der Waals surface area contributed by atoms with Crippen molar-refractivity contribution in [3.05, 3.63) is 83.5 Å². The van der Waals surface area contributed by atoms with E-state index >= 15 is 0 Å². The monoisotopic (exact) mass is 628 g/mol. The second-order valence-electron chi connectivity index (χ2n) is 9.63. The number of methoxy groups -OCH3 is 1. The van der Waals surface area contributed by atoms with Crippen molar-refractivity contribution in [2.24, 2.45) is 4.99 Å². The fourth-order valence-corrected chi connectivity index (χ4v) is 5.92. The molecule has 0 unspecified atom stereocenters. The van der Waals surface area contributed by atoms with Crippen LogP contribution in [0.1, 0.15) is 51.8 Å². The summed E-state index contributed by atoms with van der Waals surface area (Å²) in [5.41, 5.74) is 1.53. The number of ether oxygens (including phenoxy) is 5. The minimum absolute atomic E-state index is 0.142. The van der Waals surface area contributed by atoms with E-state index in [1.165, 1.54) is 23.0 Å². The number of carbonyl (C=O) groups is 2. The van der Waals surface area contributed by atoms with Gasteiger partial charge in [-0.1, -0.05) is 41.1 Å². The first kappa shape index (κ1) is 31.8. The molecular weight excluding hydrogens is 596 g/mol. The van der Waals surface area contributed by atoms with Gasteiger partial charge in [-0.15, -0.1) is 0 Å². The molecule has 2 aromatic carbocycles. The van der Waals surface area contributed by atoms with Crippen molar-refractivity contribution in [3.8, 4) is 17.2 Å². The molecule has 0 amide bonds. The van der Waals surface area contributed by atoms with Crippen LogP contribution in [-0.2, 0) is 19.1 Å². The maximum Gasteiger partial charge on any atom is 0.344 e. The molecule has 1 atom stereocenters. The minimum atomic E-state index is -0.829. The van der Waals surface area contributed by atoms with E-state index in [4.69, 9.17) is 35.3 Å². The molecule has 0 aliphatic carbocycles. The molecule has 10 nitrogen and oxygen atoms in total. The van der Waals surface area contributed by atoms with Gasteiger partial charge < -0.3 is 23.7 Å². The fourth-order valence-electron chi connectivity index (χ4n) is 4.60. The van der Waals surface area contributed by atoms with E-state index < -0.39 is 18.0 Å². The van der Waals surface area contributed by atoms with Gasteiger partial charge in [0.15, 0.2) is 22.9 Å². The molecular formula is C31H33ClN2O8S. The summed E-state index contributed by atoms with van der Waals surface area (Å²) < 4.78 is 29.2. The molecule has 4 rings (SSSR count). The lowest BCUT2D eigenvalue weighted by Crippen LogP contribution is -2.40. The zero-order chi connectivity index (χ0) is 31.3. The molecule has 1 aliphatic rings. The van der Waals surface area contributed by atoms with Crippen LogP contribution in [0.2, 0.25) is 5.02 Å². The Bertz CT molecular complexity index is 1740. The topological polar surface area (TPSA) is 115 Å². The van der Waals surface area contributed by atoms with Crippen molar-refractivity contribution >= 4 is 41.0 Å². The van der Waals surface area contributed by atoms with Crippen LogP contribution in [0, 0.1) is 0 Å². The highest BCUT2D eigenvalue weighted by molar-refractivity contribution is 7.07. The number of fused-ring (bicyclic) bond motifs is 1. The van der Waals surface area contributed by atoms with Gasteiger partial charge in [0.25, 0.3) is 5.56 Å². The smallest absolute Gasteiger partial charge is 0.344 e. The summed E-state index contributed by atoms with van der Waals surface area (Å²) in [4.78, 5) is 44.1. The number of nitrogens with zero attached hydrogens (tertiary/aromatic N) is 2. The number of hydrogen-bond acceptors (Lipinski definition) is 10. The van der Waals surface area contributed by atoms with Crippen molar-refractivity contribution in [2.75, 3.05) is 26.9 Å². The number of allylic oxidation sites excluding steroid dienone is 1. The van der Waals surface area contributed by atoms with Gasteiger partial charge in [0.2, 0.25) is 0 Å². The van der Waals surface area contributed by atoms with Crippen LogP contribution in [-0.4, -0.2) is 49.5 Å². The van der Waals surface area contributed by atoms with Gasteiger partial charge in [0.1, 0.15) is 11.8 Å². The summed E-state index contributed by atoms with van der Waals surface area (Å²) in [6.45, 7) is 9.00. The maximum atomic E-state index is 14.0. The largest absolute Gasteiger partial charge is 0.493 e. The summed E-state index contributed by atoms with van der Waals surface area (Å²) >= 11 is 7.67. The molecule has 0 bridgehead atoms. The van der Waals surface area contributed by atoms with E-state index in [1.54, 1.807) is 39.0 Å². The number of rotatable bonds is 11. The molecule has 0 radical (unpaired) electrons. The number of para-hydroxylation sites is 1. The first-order valence-corrected chi connectivity index (χ1v) is 14.9. The second-order valence-corrected chi connectivity index (χ2v) is 11.1. The third-order valence-corrected chi connectivity index (χ3v) is 7.55. The Kier molecular flexibility index (Phi) is 10.3. The van der Waals surface area contributed by atoms with Gasteiger partial charge in [-0.2, -0.15) is 0 Å². The lowest BCUT2D eigenvalue weighted by atomic mass is 9.95. The number of benzene rings is 2. The van der Waals surface area contributed by atoms with Crippen molar-refractivity contribution < 1.29 is 33.3 Å². The first-order valence-electron chi connectivity index (χ1n) is 13.7. The molecule has 228 valence electrons. The maximum absolute atomic E-state index is 14.0. The summed E-state index contributed by atoms with van der Waals surface area (Å²) in [7, 11) is 1.44. The van der Waals surface area contributed by atoms with E-state index in [1.807, 2.05) is 38.1 Å². The highest BCUT2D eigenvalue weighted by Gasteiger charge is 2.35. The molecule has 0 spiro atoms. The SMILES string of the molecule is CCOC(=O)COc1c(Cl)cc(/C=c2/sc3n(c2=O)[C@@H](c2ccccc2OC(C)C)C(C(=O)OCC)=C(C)N=3)cc1OC. The quantitative estimate of drug-likeness (QED) is 0.291. The summed E-state index contributed by atoms with van der Waals surface area (Å²) in [5.74, 6) is -0.111. The average molecular weight is 629 g/mol.